The summed E-state index contributed by atoms with van der Waals surface area (Å²) in [5.74, 6) is 0.899. The van der Waals surface area contributed by atoms with Crippen LogP contribution in [0.3, 0.4) is 0 Å². The highest BCUT2D eigenvalue weighted by Gasteiger charge is 2.10. The highest BCUT2D eigenvalue weighted by Crippen LogP contribution is 2.32. The van der Waals surface area contributed by atoms with Gasteiger partial charge >= 0.3 is 0 Å². The van der Waals surface area contributed by atoms with Crippen molar-refractivity contribution in [1.82, 2.24) is 10.2 Å². The van der Waals surface area contributed by atoms with Crippen LogP contribution in [-0.2, 0) is 6.54 Å². The summed E-state index contributed by atoms with van der Waals surface area (Å²) in [4.78, 5) is 2.20. The summed E-state index contributed by atoms with van der Waals surface area (Å²) in [5, 5.41) is 3.54. The highest BCUT2D eigenvalue weighted by atomic mass is 79.9. The molecule has 0 spiro atoms. The first-order valence-corrected chi connectivity index (χ1v) is 7.92. The van der Waals surface area contributed by atoms with E-state index in [0.29, 0.717) is 6.04 Å². The van der Waals surface area contributed by atoms with Crippen LogP contribution in [-0.4, -0.2) is 38.7 Å². The van der Waals surface area contributed by atoms with E-state index in [1.165, 1.54) is 0 Å². The third-order valence-corrected chi connectivity index (χ3v) is 3.99. The van der Waals surface area contributed by atoms with Gasteiger partial charge < -0.3 is 15.0 Å². The van der Waals surface area contributed by atoms with Crippen LogP contribution in [0.2, 0.25) is 0 Å². The lowest BCUT2D eigenvalue weighted by Gasteiger charge is -2.18. The fourth-order valence-electron chi connectivity index (χ4n) is 1.81. The Balaban J connectivity index is 2.62. The van der Waals surface area contributed by atoms with E-state index in [4.69, 9.17) is 4.74 Å². The van der Waals surface area contributed by atoms with E-state index in [2.05, 4.69) is 69.2 Å². The molecule has 19 heavy (non-hydrogen) atoms. The van der Waals surface area contributed by atoms with E-state index >= 15 is 0 Å². The van der Waals surface area contributed by atoms with Crippen LogP contribution in [0.15, 0.2) is 21.1 Å². The Kier molecular flexibility index (Phi) is 7.36. The molecule has 0 saturated carbocycles. The fourth-order valence-corrected chi connectivity index (χ4v) is 3.29. The van der Waals surface area contributed by atoms with Crippen molar-refractivity contribution in [3.63, 3.8) is 0 Å². The largest absolute Gasteiger partial charge is 0.495 e. The highest BCUT2D eigenvalue weighted by molar-refractivity contribution is 9.11. The standard InChI is InChI=1S/C14H22Br2N2O/c1-10(5-6-18(2)3)17-9-11-7-12(15)8-13(16)14(11)19-4/h7-8,10,17H,5-6,9H2,1-4H3. The Morgan fingerprint density at radius 2 is 2.00 bits per heavy atom. The van der Waals surface area contributed by atoms with Crippen molar-refractivity contribution in [3.8, 4) is 5.75 Å². The summed E-state index contributed by atoms with van der Waals surface area (Å²) >= 11 is 7.04. The van der Waals surface area contributed by atoms with Gasteiger partial charge in [0.25, 0.3) is 0 Å². The maximum absolute atomic E-state index is 5.45. The summed E-state index contributed by atoms with van der Waals surface area (Å²) in [6.45, 7) is 4.10. The molecule has 0 amide bonds. The first kappa shape index (κ1) is 17.0. The molecule has 1 aromatic carbocycles. The van der Waals surface area contributed by atoms with Crippen molar-refractivity contribution < 1.29 is 4.74 Å². The minimum atomic E-state index is 0.477. The van der Waals surface area contributed by atoms with Gasteiger partial charge in [0, 0.05) is 22.6 Å². The van der Waals surface area contributed by atoms with Crippen molar-refractivity contribution in [2.75, 3.05) is 27.7 Å². The van der Waals surface area contributed by atoms with Gasteiger partial charge in [-0.15, -0.1) is 0 Å². The van der Waals surface area contributed by atoms with E-state index in [-0.39, 0.29) is 0 Å². The predicted molar refractivity (Wildman–Crippen MR) is 87.9 cm³/mol. The van der Waals surface area contributed by atoms with E-state index in [1.54, 1.807) is 7.11 Å². The van der Waals surface area contributed by atoms with Crippen LogP contribution >= 0.6 is 31.9 Å². The molecule has 0 aromatic heterocycles. The first-order valence-electron chi connectivity index (χ1n) is 6.34. The fraction of sp³-hybridized carbons (Fsp3) is 0.571. The molecule has 0 aliphatic carbocycles. The second-order valence-corrected chi connectivity index (χ2v) is 6.72. The molecule has 1 unspecified atom stereocenters. The third-order valence-electron chi connectivity index (χ3n) is 2.94. The number of benzene rings is 1. The van der Waals surface area contributed by atoms with Gasteiger partial charge in [-0.05, 0) is 62.0 Å². The smallest absolute Gasteiger partial charge is 0.137 e. The molecular weight excluding hydrogens is 372 g/mol. The van der Waals surface area contributed by atoms with Crippen LogP contribution in [0.5, 0.6) is 5.75 Å². The van der Waals surface area contributed by atoms with Crippen LogP contribution in [0.25, 0.3) is 0 Å². The number of nitrogens with zero attached hydrogens (tertiary/aromatic N) is 1. The average Bonchev–Trinajstić information content (AvgIpc) is 2.33. The summed E-state index contributed by atoms with van der Waals surface area (Å²) in [6.07, 6.45) is 1.13. The van der Waals surface area contributed by atoms with E-state index in [9.17, 15) is 0 Å². The van der Waals surface area contributed by atoms with E-state index < -0.39 is 0 Å². The van der Waals surface area contributed by atoms with Gasteiger partial charge in [0.15, 0.2) is 0 Å². The maximum atomic E-state index is 5.45. The molecule has 0 aliphatic rings. The molecule has 108 valence electrons. The Morgan fingerprint density at radius 3 is 2.58 bits per heavy atom. The van der Waals surface area contributed by atoms with Crippen molar-refractivity contribution in [2.24, 2.45) is 0 Å². The van der Waals surface area contributed by atoms with Crippen molar-refractivity contribution in [2.45, 2.75) is 25.9 Å². The summed E-state index contributed by atoms with van der Waals surface area (Å²) < 4.78 is 7.47. The average molecular weight is 394 g/mol. The molecule has 3 nitrogen and oxygen atoms in total. The van der Waals surface area contributed by atoms with Gasteiger partial charge in [-0.3, -0.25) is 0 Å². The van der Waals surface area contributed by atoms with E-state index in [1.807, 2.05) is 6.07 Å². The number of halogens is 2. The molecule has 0 bridgehead atoms. The molecular formula is C14H22Br2N2O. The number of nitrogens with one attached hydrogen (secondary N) is 1. The minimum Gasteiger partial charge on any atom is -0.495 e. The lowest BCUT2D eigenvalue weighted by Crippen LogP contribution is -2.29. The Hall–Kier alpha value is -0.100. The Morgan fingerprint density at radius 1 is 1.32 bits per heavy atom. The minimum absolute atomic E-state index is 0.477. The normalized spacial score (nSPS) is 12.8. The molecule has 1 aromatic rings. The zero-order valence-corrected chi connectivity index (χ0v) is 15.1. The molecule has 0 saturated heterocycles. The third kappa shape index (κ3) is 5.81. The maximum Gasteiger partial charge on any atom is 0.137 e. The van der Waals surface area contributed by atoms with Crippen molar-refractivity contribution in [3.05, 3.63) is 26.6 Å². The molecule has 5 heteroatoms. The van der Waals surface area contributed by atoms with Crippen LogP contribution in [0.4, 0.5) is 0 Å². The second-order valence-electron chi connectivity index (χ2n) is 4.95. The number of hydrogen-bond acceptors (Lipinski definition) is 3. The van der Waals surface area contributed by atoms with Crippen LogP contribution in [0.1, 0.15) is 18.9 Å². The molecule has 1 N–H and O–H groups in total. The molecule has 0 aliphatic heterocycles. The zero-order chi connectivity index (χ0) is 14.4. The summed E-state index contributed by atoms with van der Waals surface area (Å²) in [7, 11) is 5.90. The van der Waals surface area contributed by atoms with Crippen molar-refractivity contribution in [1.29, 1.82) is 0 Å². The summed E-state index contributed by atoms with van der Waals surface area (Å²) in [6, 6.07) is 4.57. The van der Waals surface area contributed by atoms with Gasteiger partial charge in [0.05, 0.1) is 11.6 Å². The van der Waals surface area contributed by atoms with Gasteiger partial charge in [-0.2, -0.15) is 0 Å². The van der Waals surface area contributed by atoms with Crippen molar-refractivity contribution >= 4 is 31.9 Å². The van der Waals surface area contributed by atoms with Gasteiger partial charge in [0.2, 0.25) is 0 Å². The SMILES string of the molecule is COc1c(Br)cc(Br)cc1CNC(C)CCN(C)C. The number of ether oxygens (including phenoxy) is 1. The molecule has 1 atom stereocenters. The molecule has 0 radical (unpaired) electrons. The Bertz CT molecular complexity index is 411. The molecule has 1 rings (SSSR count). The number of rotatable bonds is 7. The second kappa shape index (κ2) is 8.25. The lowest BCUT2D eigenvalue weighted by molar-refractivity contribution is 0.363. The van der Waals surface area contributed by atoms with Gasteiger partial charge in [-0.25, -0.2) is 0 Å². The molecule has 0 fully saturated rings. The predicted octanol–water partition coefficient (Wildman–Crippen LogP) is 3.65. The van der Waals surface area contributed by atoms with Crippen LogP contribution in [0, 0.1) is 0 Å². The monoisotopic (exact) mass is 392 g/mol. The number of hydrogen-bond donors (Lipinski definition) is 1. The topological polar surface area (TPSA) is 24.5 Å². The quantitative estimate of drug-likeness (QED) is 0.765. The lowest BCUT2D eigenvalue weighted by atomic mass is 10.1. The number of methoxy groups -OCH3 is 1. The first-order chi connectivity index (χ1) is 8.93. The molecule has 0 heterocycles. The zero-order valence-electron chi connectivity index (χ0n) is 12.0. The summed E-state index contributed by atoms with van der Waals surface area (Å²) in [5.41, 5.74) is 1.15. The van der Waals surface area contributed by atoms with Gasteiger partial charge in [0.1, 0.15) is 5.75 Å². The van der Waals surface area contributed by atoms with E-state index in [0.717, 1.165) is 39.8 Å². The Labute approximate surface area is 133 Å². The van der Waals surface area contributed by atoms with Crippen LogP contribution < -0.4 is 10.1 Å². The van der Waals surface area contributed by atoms with Gasteiger partial charge in [-0.1, -0.05) is 15.9 Å².